The molecule has 35 heavy (non-hydrogen) atoms. The fourth-order valence-corrected chi connectivity index (χ4v) is 4.79. The summed E-state index contributed by atoms with van der Waals surface area (Å²) in [5.74, 6) is 1.91. The van der Waals surface area contributed by atoms with Crippen LogP contribution in [0.25, 0.3) is 61.4 Å². The van der Waals surface area contributed by atoms with Gasteiger partial charge in [-0.25, -0.2) is 4.98 Å². The van der Waals surface area contributed by atoms with E-state index in [-0.39, 0.29) is 0 Å². The lowest BCUT2D eigenvalue weighted by molar-refractivity contribution is 0.953. The molecule has 0 bridgehead atoms. The summed E-state index contributed by atoms with van der Waals surface area (Å²) in [5.41, 5.74) is 6.34. The molecule has 5 heteroatoms. The first-order chi connectivity index (χ1) is 17.2. The summed E-state index contributed by atoms with van der Waals surface area (Å²) in [6.07, 6.45) is 1.98. The van der Waals surface area contributed by atoms with Crippen molar-refractivity contribution in [2.24, 2.45) is 0 Å². The molecule has 0 saturated carbocycles. The molecule has 3 heterocycles. The van der Waals surface area contributed by atoms with Crippen LogP contribution >= 0.6 is 0 Å². The van der Waals surface area contributed by atoms with Crippen LogP contribution in [0.5, 0.6) is 0 Å². The first-order valence-corrected chi connectivity index (χ1v) is 11.6. The Labute approximate surface area is 201 Å². The smallest absolute Gasteiger partial charge is 0.238 e. The van der Waals surface area contributed by atoms with Gasteiger partial charge in [-0.3, -0.25) is 4.57 Å². The molecule has 3 aromatic heterocycles. The van der Waals surface area contributed by atoms with Gasteiger partial charge in [-0.05, 0) is 37.3 Å². The molecule has 0 aliphatic carbocycles. The van der Waals surface area contributed by atoms with Gasteiger partial charge in [0.2, 0.25) is 5.95 Å². The van der Waals surface area contributed by atoms with Gasteiger partial charge in [-0.15, -0.1) is 0 Å². The van der Waals surface area contributed by atoms with E-state index in [1.807, 2.05) is 66.9 Å². The minimum Gasteiger partial charge on any atom is -0.361 e. The van der Waals surface area contributed by atoms with Crippen molar-refractivity contribution in [3.05, 3.63) is 109 Å². The average molecular weight is 452 g/mol. The fraction of sp³-hybridized carbons (Fsp3) is 0.0333. The molecule has 0 radical (unpaired) electrons. The van der Waals surface area contributed by atoms with Gasteiger partial charge < -0.3 is 4.98 Å². The van der Waals surface area contributed by atoms with Crippen LogP contribution in [0, 0.1) is 6.92 Å². The second-order valence-electron chi connectivity index (χ2n) is 8.80. The maximum atomic E-state index is 4.99. The Morgan fingerprint density at radius 2 is 1.29 bits per heavy atom. The Hall–Kier alpha value is -4.77. The molecule has 0 aliphatic heterocycles. The van der Waals surface area contributed by atoms with Crippen LogP contribution in [0.2, 0.25) is 0 Å². The van der Waals surface area contributed by atoms with E-state index < -0.39 is 0 Å². The highest BCUT2D eigenvalue weighted by molar-refractivity contribution is 6.13. The van der Waals surface area contributed by atoms with Gasteiger partial charge >= 0.3 is 0 Å². The van der Waals surface area contributed by atoms with Crippen LogP contribution in [-0.4, -0.2) is 24.5 Å². The number of nitrogens with one attached hydrogen (secondary N) is 1. The quantitative estimate of drug-likeness (QED) is 0.312. The van der Waals surface area contributed by atoms with Gasteiger partial charge in [0.05, 0.1) is 11.0 Å². The van der Waals surface area contributed by atoms with Crippen LogP contribution in [0.4, 0.5) is 0 Å². The minimum absolute atomic E-state index is 0.604. The Balaban J connectivity index is 1.59. The average Bonchev–Trinajstić information content (AvgIpc) is 3.49. The Morgan fingerprint density at radius 1 is 0.629 bits per heavy atom. The number of nitrogens with zero attached hydrogens (tertiary/aromatic N) is 4. The van der Waals surface area contributed by atoms with Gasteiger partial charge in [0.15, 0.2) is 11.6 Å². The normalized spacial score (nSPS) is 11.6. The van der Waals surface area contributed by atoms with E-state index in [0.29, 0.717) is 17.6 Å². The second-order valence-corrected chi connectivity index (χ2v) is 8.80. The summed E-state index contributed by atoms with van der Waals surface area (Å²) in [6.45, 7) is 2.13. The van der Waals surface area contributed by atoms with Crippen molar-refractivity contribution in [2.45, 2.75) is 6.92 Å². The van der Waals surface area contributed by atoms with Gasteiger partial charge in [-0.2, -0.15) is 9.97 Å². The fourth-order valence-electron chi connectivity index (χ4n) is 4.79. The summed E-state index contributed by atoms with van der Waals surface area (Å²) in [4.78, 5) is 18.2. The molecule has 4 aromatic carbocycles. The van der Waals surface area contributed by atoms with Gasteiger partial charge in [0.1, 0.15) is 0 Å². The Morgan fingerprint density at radius 3 is 1.97 bits per heavy atom. The number of fused-ring (bicyclic) bond motifs is 4. The summed E-state index contributed by atoms with van der Waals surface area (Å²) in [7, 11) is 0. The molecule has 7 aromatic rings. The standard InChI is InChI=1S/C30H21N5/c1-19-12-13-26-23(16-19)24-17-22-14-15-31-25(22)18-27(24)35(26)30-33-28(20-8-4-2-5-9-20)32-29(34-30)21-10-6-3-7-11-21/h2-18,31H,1H3. The minimum atomic E-state index is 0.604. The molecule has 0 saturated heterocycles. The van der Waals surface area contributed by atoms with Crippen molar-refractivity contribution >= 4 is 32.7 Å². The predicted molar refractivity (Wildman–Crippen MR) is 142 cm³/mol. The lowest BCUT2D eigenvalue weighted by atomic mass is 10.1. The van der Waals surface area contributed by atoms with Gasteiger partial charge in [0, 0.05) is 39.0 Å². The molecule has 5 nitrogen and oxygen atoms in total. The third kappa shape index (κ3) is 3.21. The maximum Gasteiger partial charge on any atom is 0.238 e. The number of benzene rings is 4. The van der Waals surface area contributed by atoms with E-state index in [4.69, 9.17) is 15.0 Å². The Kier molecular flexibility index (Phi) is 4.29. The number of H-pyrrole nitrogens is 1. The SMILES string of the molecule is Cc1ccc2c(c1)c1cc3cc[nH]c3cc1n2-c1nc(-c2ccccc2)nc(-c2ccccc2)n1. The van der Waals surface area contributed by atoms with Crippen molar-refractivity contribution < 1.29 is 0 Å². The highest BCUT2D eigenvalue weighted by Gasteiger charge is 2.18. The molecule has 166 valence electrons. The number of hydrogen-bond acceptors (Lipinski definition) is 3. The van der Waals surface area contributed by atoms with Crippen LogP contribution < -0.4 is 0 Å². The molecular formula is C30H21N5. The zero-order valence-corrected chi connectivity index (χ0v) is 19.1. The first-order valence-electron chi connectivity index (χ1n) is 11.6. The molecule has 0 amide bonds. The summed E-state index contributed by atoms with van der Waals surface area (Å²) < 4.78 is 2.16. The van der Waals surface area contributed by atoms with Crippen molar-refractivity contribution in [1.82, 2.24) is 24.5 Å². The largest absolute Gasteiger partial charge is 0.361 e. The van der Waals surface area contributed by atoms with Crippen molar-refractivity contribution in [1.29, 1.82) is 0 Å². The third-order valence-electron chi connectivity index (χ3n) is 6.48. The van der Waals surface area contributed by atoms with E-state index >= 15 is 0 Å². The molecule has 1 N–H and O–H groups in total. The first kappa shape index (κ1) is 19.7. The van der Waals surface area contributed by atoms with E-state index in [9.17, 15) is 0 Å². The molecular weight excluding hydrogens is 430 g/mol. The van der Waals surface area contributed by atoms with Crippen molar-refractivity contribution in [3.8, 4) is 28.7 Å². The predicted octanol–water partition coefficient (Wildman–Crippen LogP) is 7.09. The van der Waals surface area contributed by atoms with Crippen molar-refractivity contribution in [2.75, 3.05) is 0 Å². The lowest BCUT2D eigenvalue weighted by Crippen LogP contribution is -2.06. The second kappa shape index (κ2) is 7.64. The monoisotopic (exact) mass is 451 g/mol. The number of aromatic amines is 1. The topological polar surface area (TPSA) is 59.4 Å². The van der Waals surface area contributed by atoms with E-state index in [1.54, 1.807) is 0 Å². The van der Waals surface area contributed by atoms with Crippen LogP contribution in [0.3, 0.4) is 0 Å². The summed E-state index contributed by atoms with van der Waals surface area (Å²) in [6, 6.07) is 33.2. The number of rotatable bonds is 3. The van der Waals surface area contributed by atoms with Gasteiger partial charge in [-0.1, -0.05) is 72.3 Å². The molecule has 0 aliphatic rings. The third-order valence-corrected chi connectivity index (χ3v) is 6.48. The molecule has 7 rings (SSSR count). The number of hydrogen-bond donors (Lipinski definition) is 1. The van der Waals surface area contributed by atoms with Gasteiger partial charge in [0.25, 0.3) is 0 Å². The van der Waals surface area contributed by atoms with E-state index in [0.717, 1.165) is 27.7 Å². The van der Waals surface area contributed by atoms with Crippen LogP contribution in [-0.2, 0) is 0 Å². The van der Waals surface area contributed by atoms with Crippen molar-refractivity contribution in [3.63, 3.8) is 0 Å². The van der Waals surface area contributed by atoms with E-state index in [1.165, 1.54) is 21.7 Å². The molecule has 0 spiro atoms. The van der Waals surface area contributed by atoms with Crippen LogP contribution in [0.1, 0.15) is 5.56 Å². The highest BCUT2D eigenvalue weighted by Crippen LogP contribution is 2.35. The zero-order valence-electron chi connectivity index (χ0n) is 19.1. The molecule has 0 atom stereocenters. The maximum absolute atomic E-state index is 4.99. The zero-order chi connectivity index (χ0) is 23.4. The summed E-state index contributed by atoms with van der Waals surface area (Å²) >= 11 is 0. The number of aromatic nitrogens is 5. The number of aryl methyl sites for hydroxylation is 1. The van der Waals surface area contributed by atoms with E-state index in [2.05, 4.69) is 52.9 Å². The van der Waals surface area contributed by atoms with Crippen LogP contribution in [0.15, 0.2) is 103 Å². The molecule has 0 fully saturated rings. The summed E-state index contributed by atoms with van der Waals surface area (Å²) in [5, 5.41) is 3.55. The molecule has 0 unspecified atom stereocenters. The Bertz CT molecular complexity index is 1790. The lowest BCUT2D eigenvalue weighted by Gasteiger charge is -2.11. The highest BCUT2D eigenvalue weighted by atomic mass is 15.2.